The molecular formula is C26H29N3O5S. The Morgan fingerprint density at radius 2 is 2.17 bits per heavy atom. The first-order valence-electron chi connectivity index (χ1n) is 11.5. The van der Waals surface area contributed by atoms with Gasteiger partial charge in [-0.2, -0.15) is 0 Å². The van der Waals surface area contributed by atoms with E-state index >= 15 is 0 Å². The first-order chi connectivity index (χ1) is 16.7. The molecule has 0 saturated heterocycles. The maximum absolute atomic E-state index is 13.3. The van der Waals surface area contributed by atoms with Crippen LogP contribution in [-0.4, -0.2) is 24.2 Å². The van der Waals surface area contributed by atoms with E-state index in [1.165, 1.54) is 29.4 Å². The minimum atomic E-state index is -0.486. The number of nitrogens with one attached hydrogen (secondary N) is 1. The molecule has 2 aromatic heterocycles. The maximum Gasteiger partial charge on any atom is 0.311 e. The standard InChI is InChI=1S/C26H29N3O5S/c1-26(2,3)17-8-9-19-22(13-17)35-25(23(19)24(30)27-15-18-6-5-11-34-18)28-14-16-7-10-21(33-4)20(12-16)29(31)32/h5-7,10-12,14,17H,8-9,13,15H2,1-4H3,(H,27,30)/t17-/m1/s1. The highest BCUT2D eigenvalue weighted by atomic mass is 32.1. The number of benzene rings is 1. The number of methoxy groups -OCH3 is 1. The molecule has 1 aromatic carbocycles. The first-order valence-corrected chi connectivity index (χ1v) is 12.3. The molecule has 0 aliphatic heterocycles. The van der Waals surface area contributed by atoms with Gasteiger partial charge in [-0.3, -0.25) is 14.9 Å². The normalized spacial score (nSPS) is 15.7. The molecule has 8 nitrogen and oxygen atoms in total. The number of nitrogens with zero attached hydrogens (tertiary/aromatic N) is 2. The number of carbonyl (C=O) groups excluding carboxylic acids is 1. The molecule has 3 aromatic rings. The molecule has 1 N–H and O–H groups in total. The third kappa shape index (κ3) is 5.45. The molecule has 1 aliphatic rings. The topological polar surface area (TPSA) is 107 Å². The third-order valence-electron chi connectivity index (χ3n) is 6.43. The SMILES string of the molecule is COc1ccc(C=Nc2sc3c(c2C(=O)NCc2ccco2)CC[C@@H](C(C)(C)C)C3)cc1[N+](=O)[O-]. The van der Waals surface area contributed by atoms with E-state index in [0.29, 0.717) is 27.8 Å². The zero-order valence-corrected chi connectivity index (χ0v) is 21.1. The van der Waals surface area contributed by atoms with E-state index < -0.39 is 4.92 Å². The number of carbonyl (C=O) groups is 1. The lowest BCUT2D eigenvalue weighted by Crippen LogP contribution is -2.28. The molecule has 1 amide bonds. The quantitative estimate of drug-likeness (QED) is 0.242. The average Bonchev–Trinajstić information content (AvgIpc) is 3.47. The molecule has 1 atom stereocenters. The van der Waals surface area contributed by atoms with E-state index in [-0.39, 0.29) is 29.3 Å². The van der Waals surface area contributed by atoms with Crippen LogP contribution in [0.4, 0.5) is 10.7 Å². The summed E-state index contributed by atoms with van der Waals surface area (Å²) in [5, 5.41) is 14.9. The summed E-state index contributed by atoms with van der Waals surface area (Å²) in [5.41, 5.74) is 2.24. The van der Waals surface area contributed by atoms with Crippen LogP contribution >= 0.6 is 11.3 Å². The number of nitro groups is 1. The van der Waals surface area contributed by atoms with Gasteiger partial charge in [0.1, 0.15) is 10.8 Å². The van der Waals surface area contributed by atoms with E-state index in [2.05, 4.69) is 31.1 Å². The number of hydrogen-bond donors (Lipinski definition) is 1. The van der Waals surface area contributed by atoms with Gasteiger partial charge in [-0.05, 0) is 66.0 Å². The molecule has 2 heterocycles. The molecule has 184 valence electrons. The van der Waals surface area contributed by atoms with Gasteiger partial charge in [0.15, 0.2) is 5.75 Å². The first kappa shape index (κ1) is 24.7. The predicted octanol–water partition coefficient (Wildman–Crippen LogP) is 6.09. The second kappa shape index (κ2) is 10.0. The van der Waals surface area contributed by atoms with Crippen LogP contribution in [0.5, 0.6) is 5.75 Å². The summed E-state index contributed by atoms with van der Waals surface area (Å²) in [7, 11) is 1.39. The van der Waals surface area contributed by atoms with Crippen molar-refractivity contribution in [1.82, 2.24) is 5.32 Å². The molecule has 0 bridgehead atoms. The van der Waals surface area contributed by atoms with Crippen molar-refractivity contribution in [2.24, 2.45) is 16.3 Å². The highest BCUT2D eigenvalue weighted by Crippen LogP contribution is 2.45. The van der Waals surface area contributed by atoms with E-state index in [1.807, 2.05) is 6.07 Å². The fourth-order valence-electron chi connectivity index (χ4n) is 4.37. The zero-order valence-electron chi connectivity index (χ0n) is 20.3. The minimum absolute atomic E-state index is 0.133. The lowest BCUT2D eigenvalue weighted by molar-refractivity contribution is -0.385. The van der Waals surface area contributed by atoms with E-state index in [0.717, 1.165) is 24.8 Å². The predicted molar refractivity (Wildman–Crippen MR) is 136 cm³/mol. The van der Waals surface area contributed by atoms with Crippen molar-refractivity contribution in [3.63, 3.8) is 0 Å². The molecule has 9 heteroatoms. The lowest BCUT2D eigenvalue weighted by Gasteiger charge is -2.33. The second-order valence-electron chi connectivity index (χ2n) is 9.70. The number of hydrogen-bond acceptors (Lipinski definition) is 7. The summed E-state index contributed by atoms with van der Waals surface area (Å²) in [5.74, 6) is 1.19. The molecule has 1 aliphatic carbocycles. The van der Waals surface area contributed by atoms with Crippen LogP contribution in [0.25, 0.3) is 0 Å². The monoisotopic (exact) mass is 495 g/mol. The molecule has 0 spiro atoms. The second-order valence-corrected chi connectivity index (χ2v) is 10.8. The van der Waals surface area contributed by atoms with Crippen molar-refractivity contribution in [3.8, 4) is 5.75 Å². The molecule has 0 unspecified atom stereocenters. The van der Waals surface area contributed by atoms with Crippen LogP contribution in [0.1, 0.15) is 59.3 Å². The van der Waals surface area contributed by atoms with Gasteiger partial charge in [-0.25, -0.2) is 4.99 Å². The average molecular weight is 496 g/mol. The van der Waals surface area contributed by atoms with Crippen molar-refractivity contribution in [3.05, 3.63) is 74.0 Å². The smallest absolute Gasteiger partial charge is 0.311 e. The van der Waals surface area contributed by atoms with Crippen molar-refractivity contribution in [1.29, 1.82) is 0 Å². The van der Waals surface area contributed by atoms with Crippen LogP contribution < -0.4 is 10.1 Å². The van der Waals surface area contributed by atoms with Gasteiger partial charge >= 0.3 is 5.69 Å². The fraction of sp³-hybridized carbons (Fsp3) is 0.385. The van der Waals surface area contributed by atoms with Crippen molar-refractivity contribution >= 4 is 34.1 Å². The molecule has 0 saturated carbocycles. The third-order valence-corrected chi connectivity index (χ3v) is 7.59. The number of furan rings is 1. The molecule has 0 radical (unpaired) electrons. The zero-order chi connectivity index (χ0) is 25.2. The van der Waals surface area contributed by atoms with Gasteiger partial charge in [-0.1, -0.05) is 20.8 Å². The summed E-state index contributed by atoms with van der Waals surface area (Å²) >= 11 is 1.53. The van der Waals surface area contributed by atoms with Gasteiger partial charge < -0.3 is 14.5 Å². The molecular weight excluding hydrogens is 466 g/mol. The van der Waals surface area contributed by atoms with Crippen molar-refractivity contribution < 1.29 is 18.9 Å². The van der Waals surface area contributed by atoms with Crippen LogP contribution in [0.3, 0.4) is 0 Å². The van der Waals surface area contributed by atoms with Crippen molar-refractivity contribution in [2.45, 2.75) is 46.6 Å². The number of ether oxygens (including phenoxy) is 1. The Morgan fingerprint density at radius 1 is 1.37 bits per heavy atom. The number of thiophene rings is 1. The van der Waals surface area contributed by atoms with Crippen LogP contribution in [0.15, 0.2) is 46.0 Å². The van der Waals surface area contributed by atoms with Crippen molar-refractivity contribution in [2.75, 3.05) is 7.11 Å². The Kier molecular flexibility index (Phi) is 7.07. The number of amides is 1. The maximum atomic E-state index is 13.3. The summed E-state index contributed by atoms with van der Waals surface area (Å²) in [6.45, 7) is 7.05. The highest BCUT2D eigenvalue weighted by molar-refractivity contribution is 7.16. The van der Waals surface area contributed by atoms with Gasteiger partial charge in [0.25, 0.3) is 5.91 Å². The van der Waals surface area contributed by atoms with E-state index in [4.69, 9.17) is 9.15 Å². The van der Waals surface area contributed by atoms with Crippen LogP contribution in [0.2, 0.25) is 0 Å². The van der Waals surface area contributed by atoms with Gasteiger partial charge in [0.05, 0.1) is 30.4 Å². The van der Waals surface area contributed by atoms with Crippen LogP contribution in [-0.2, 0) is 19.4 Å². The van der Waals surface area contributed by atoms with E-state index in [9.17, 15) is 14.9 Å². The van der Waals surface area contributed by atoms with Gasteiger partial charge in [-0.15, -0.1) is 11.3 Å². The van der Waals surface area contributed by atoms with Crippen LogP contribution in [0, 0.1) is 21.4 Å². The molecule has 0 fully saturated rings. The van der Waals surface area contributed by atoms with E-state index in [1.54, 1.807) is 30.7 Å². The lowest BCUT2D eigenvalue weighted by atomic mass is 9.72. The Labute approximate surface area is 208 Å². The Bertz CT molecular complexity index is 1250. The number of rotatable bonds is 7. The Hall–Kier alpha value is -3.46. The van der Waals surface area contributed by atoms with Gasteiger partial charge in [0, 0.05) is 17.2 Å². The highest BCUT2D eigenvalue weighted by Gasteiger charge is 2.33. The van der Waals surface area contributed by atoms with Gasteiger partial charge in [0.2, 0.25) is 0 Å². The molecule has 4 rings (SSSR count). The summed E-state index contributed by atoms with van der Waals surface area (Å²) < 4.78 is 10.4. The number of nitro benzene ring substituents is 1. The largest absolute Gasteiger partial charge is 0.490 e. The number of aliphatic imine (C=N–C) groups is 1. The summed E-state index contributed by atoms with van der Waals surface area (Å²) in [6, 6.07) is 8.26. The fourth-order valence-corrected chi connectivity index (χ4v) is 5.64. The Balaban J connectivity index is 1.67. The number of fused-ring (bicyclic) bond motifs is 1. The summed E-state index contributed by atoms with van der Waals surface area (Å²) in [4.78, 5) is 30.0. The summed E-state index contributed by atoms with van der Waals surface area (Å²) in [6.07, 6.45) is 5.88. The molecule has 35 heavy (non-hydrogen) atoms. The minimum Gasteiger partial charge on any atom is -0.490 e. The Morgan fingerprint density at radius 3 is 2.83 bits per heavy atom.